The second-order valence-corrected chi connectivity index (χ2v) is 5.42. The fourth-order valence-electron chi connectivity index (χ4n) is 2.38. The van der Waals surface area contributed by atoms with Crippen LogP contribution in [0.5, 0.6) is 5.75 Å². The highest BCUT2D eigenvalue weighted by Crippen LogP contribution is 2.32. The molecule has 7 nitrogen and oxygen atoms in total. The molecule has 124 valence electrons. The van der Waals surface area contributed by atoms with Crippen LogP contribution in [0.4, 0.5) is 5.69 Å². The Labute approximate surface area is 134 Å². The molecule has 0 radical (unpaired) electrons. The van der Waals surface area contributed by atoms with Crippen molar-refractivity contribution in [1.29, 1.82) is 0 Å². The van der Waals surface area contributed by atoms with Crippen LogP contribution < -0.4 is 15.0 Å². The number of aryl methyl sites for hydroxylation is 1. The molecule has 1 unspecified atom stereocenters. The highest BCUT2D eigenvalue weighted by molar-refractivity contribution is 5.98. The molecule has 1 aliphatic rings. The highest BCUT2D eigenvalue weighted by Gasteiger charge is 2.26. The average Bonchev–Trinajstić information content (AvgIpc) is 2.51. The Balaban J connectivity index is 2.03. The maximum absolute atomic E-state index is 12.0. The van der Waals surface area contributed by atoms with Crippen molar-refractivity contribution in [3.05, 3.63) is 23.8 Å². The lowest BCUT2D eigenvalue weighted by molar-refractivity contribution is -0.141. The second kappa shape index (κ2) is 7.13. The summed E-state index contributed by atoms with van der Waals surface area (Å²) in [5, 5.41) is 11.4. The van der Waals surface area contributed by atoms with Crippen molar-refractivity contribution in [2.24, 2.45) is 0 Å². The lowest BCUT2D eigenvalue weighted by Gasteiger charge is -2.29. The van der Waals surface area contributed by atoms with Gasteiger partial charge in [0.05, 0.1) is 5.69 Å². The number of benzene rings is 1. The molecule has 23 heavy (non-hydrogen) atoms. The molecule has 1 aromatic carbocycles. The molecule has 0 saturated carbocycles. The van der Waals surface area contributed by atoms with Gasteiger partial charge in [0.1, 0.15) is 11.8 Å². The van der Waals surface area contributed by atoms with E-state index in [2.05, 4.69) is 5.32 Å². The maximum atomic E-state index is 12.0. The number of carboxylic acid groups (broad SMARTS) is 1. The van der Waals surface area contributed by atoms with Crippen LogP contribution in [0.15, 0.2) is 18.2 Å². The molecule has 1 aromatic rings. The zero-order chi connectivity index (χ0) is 17.0. The minimum Gasteiger partial charge on any atom is -0.482 e. The number of carboxylic acids is 1. The molecular formula is C16H20N2O5. The van der Waals surface area contributed by atoms with Gasteiger partial charge < -0.3 is 20.1 Å². The number of amides is 2. The van der Waals surface area contributed by atoms with Crippen molar-refractivity contribution in [3.8, 4) is 5.75 Å². The van der Waals surface area contributed by atoms with Crippen molar-refractivity contribution in [2.75, 3.05) is 18.1 Å². The van der Waals surface area contributed by atoms with Gasteiger partial charge in [0.15, 0.2) is 6.61 Å². The normalized spacial score (nSPS) is 14.7. The summed E-state index contributed by atoms with van der Waals surface area (Å²) in [6.07, 6.45) is 0.336. The molecule has 2 amide bonds. The van der Waals surface area contributed by atoms with Gasteiger partial charge in [0.2, 0.25) is 5.91 Å². The van der Waals surface area contributed by atoms with E-state index in [0.717, 1.165) is 5.56 Å². The topological polar surface area (TPSA) is 95.9 Å². The summed E-state index contributed by atoms with van der Waals surface area (Å²) in [7, 11) is 0. The Bertz CT molecular complexity index is 629. The first-order valence-electron chi connectivity index (χ1n) is 7.48. The molecule has 0 saturated heterocycles. The Hall–Kier alpha value is -2.57. The van der Waals surface area contributed by atoms with E-state index in [0.29, 0.717) is 17.9 Å². The molecular weight excluding hydrogens is 300 g/mol. The van der Waals surface area contributed by atoms with Crippen LogP contribution >= 0.6 is 0 Å². The van der Waals surface area contributed by atoms with E-state index in [1.807, 2.05) is 19.1 Å². The number of rotatable bonds is 6. The first-order valence-corrected chi connectivity index (χ1v) is 7.48. The van der Waals surface area contributed by atoms with E-state index in [1.165, 1.54) is 4.90 Å². The van der Waals surface area contributed by atoms with Gasteiger partial charge in [-0.25, -0.2) is 4.79 Å². The number of aliphatic carboxylic acids is 1. The summed E-state index contributed by atoms with van der Waals surface area (Å²) >= 11 is 0. The predicted molar refractivity (Wildman–Crippen MR) is 83.5 cm³/mol. The lowest BCUT2D eigenvalue weighted by Crippen LogP contribution is -2.44. The van der Waals surface area contributed by atoms with Crippen LogP contribution in [0.2, 0.25) is 0 Å². The van der Waals surface area contributed by atoms with E-state index in [1.54, 1.807) is 13.0 Å². The lowest BCUT2D eigenvalue weighted by atomic mass is 10.1. The van der Waals surface area contributed by atoms with Gasteiger partial charge in [0, 0.05) is 13.0 Å². The molecule has 2 rings (SSSR count). The maximum Gasteiger partial charge on any atom is 0.326 e. The van der Waals surface area contributed by atoms with Crippen LogP contribution in [0.3, 0.4) is 0 Å². The molecule has 1 aliphatic heterocycles. The quantitative estimate of drug-likeness (QED) is 0.818. The molecule has 0 aromatic heterocycles. The fourth-order valence-corrected chi connectivity index (χ4v) is 2.38. The number of carbonyl (C=O) groups is 3. The van der Waals surface area contributed by atoms with Crippen molar-refractivity contribution in [3.63, 3.8) is 0 Å². The smallest absolute Gasteiger partial charge is 0.326 e. The van der Waals surface area contributed by atoms with Crippen molar-refractivity contribution >= 4 is 23.5 Å². The summed E-state index contributed by atoms with van der Waals surface area (Å²) in [5.74, 6) is -1.08. The Morgan fingerprint density at radius 3 is 2.83 bits per heavy atom. The molecule has 1 heterocycles. The van der Waals surface area contributed by atoms with E-state index in [4.69, 9.17) is 9.84 Å². The first kappa shape index (κ1) is 16.8. The number of hydrogen-bond acceptors (Lipinski definition) is 4. The van der Waals surface area contributed by atoms with Gasteiger partial charge >= 0.3 is 5.97 Å². The monoisotopic (exact) mass is 320 g/mol. The molecule has 0 fully saturated rings. The zero-order valence-electron chi connectivity index (χ0n) is 13.2. The van der Waals surface area contributed by atoms with Gasteiger partial charge in [-0.1, -0.05) is 13.0 Å². The number of carbonyl (C=O) groups excluding carboxylic acids is 2. The standard InChI is InChI=1S/C16H20N2O5/c1-3-11(16(21)22)17-14(19)6-7-18-12-8-10(2)4-5-13(12)23-9-15(18)20/h4-5,8,11H,3,6-7,9H2,1-2H3,(H,17,19)(H,21,22). The SMILES string of the molecule is CCC(NC(=O)CCN1C(=O)COc2ccc(C)cc21)C(=O)O. The predicted octanol–water partition coefficient (Wildman–Crippen LogP) is 1.09. The molecule has 0 spiro atoms. The molecule has 7 heteroatoms. The minimum atomic E-state index is -1.07. The molecule has 1 atom stereocenters. The third-order valence-corrected chi connectivity index (χ3v) is 3.66. The molecule has 0 aliphatic carbocycles. The van der Waals surface area contributed by atoms with E-state index >= 15 is 0 Å². The van der Waals surface area contributed by atoms with Crippen molar-refractivity contribution in [2.45, 2.75) is 32.7 Å². The van der Waals surface area contributed by atoms with Gasteiger partial charge in [-0.3, -0.25) is 9.59 Å². The highest BCUT2D eigenvalue weighted by atomic mass is 16.5. The van der Waals surface area contributed by atoms with Crippen molar-refractivity contribution < 1.29 is 24.2 Å². The minimum absolute atomic E-state index is 0.0307. The third-order valence-electron chi connectivity index (χ3n) is 3.66. The summed E-state index contributed by atoms with van der Waals surface area (Å²) in [6.45, 7) is 3.71. The summed E-state index contributed by atoms with van der Waals surface area (Å²) in [4.78, 5) is 36.4. The summed E-state index contributed by atoms with van der Waals surface area (Å²) in [6, 6.07) is 4.61. The molecule has 0 bridgehead atoms. The van der Waals surface area contributed by atoms with Crippen LogP contribution in [0.25, 0.3) is 0 Å². The Morgan fingerprint density at radius 2 is 2.17 bits per heavy atom. The van der Waals surface area contributed by atoms with Crippen molar-refractivity contribution in [1.82, 2.24) is 5.32 Å². The summed E-state index contributed by atoms with van der Waals surface area (Å²) < 4.78 is 5.37. The van der Waals surface area contributed by atoms with E-state index in [9.17, 15) is 14.4 Å². The summed E-state index contributed by atoms with van der Waals surface area (Å²) in [5.41, 5.74) is 1.62. The second-order valence-electron chi connectivity index (χ2n) is 5.42. The average molecular weight is 320 g/mol. The van der Waals surface area contributed by atoms with Gasteiger partial charge in [-0.15, -0.1) is 0 Å². The van der Waals surface area contributed by atoms with Crippen LogP contribution in [-0.2, 0) is 14.4 Å². The van der Waals surface area contributed by atoms with Crippen LogP contribution in [-0.4, -0.2) is 42.1 Å². The Kier molecular flexibility index (Phi) is 5.20. The zero-order valence-corrected chi connectivity index (χ0v) is 13.2. The van der Waals surface area contributed by atoms with Gasteiger partial charge in [-0.05, 0) is 31.0 Å². The van der Waals surface area contributed by atoms with E-state index in [-0.39, 0.29) is 25.5 Å². The largest absolute Gasteiger partial charge is 0.482 e. The Morgan fingerprint density at radius 1 is 1.43 bits per heavy atom. The number of nitrogens with zero attached hydrogens (tertiary/aromatic N) is 1. The first-order chi connectivity index (χ1) is 10.9. The van der Waals surface area contributed by atoms with Gasteiger partial charge in [-0.2, -0.15) is 0 Å². The number of fused-ring (bicyclic) bond motifs is 1. The van der Waals surface area contributed by atoms with Gasteiger partial charge in [0.25, 0.3) is 5.91 Å². The number of nitrogens with one attached hydrogen (secondary N) is 1. The molecule has 2 N–H and O–H groups in total. The number of anilines is 1. The fraction of sp³-hybridized carbons (Fsp3) is 0.438. The third kappa shape index (κ3) is 4.00. The van der Waals surface area contributed by atoms with Crippen LogP contribution in [0, 0.1) is 6.92 Å². The van der Waals surface area contributed by atoms with E-state index < -0.39 is 17.9 Å². The number of ether oxygens (including phenoxy) is 1. The number of hydrogen-bond donors (Lipinski definition) is 2. The van der Waals surface area contributed by atoms with Crippen LogP contribution in [0.1, 0.15) is 25.3 Å².